The summed E-state index contributed by atoms with van der Waals surface area (Å²) in [6.07, 6.45) is -0.344. The van der Waals surface area contributed by atoms with E-state index in [0.717, 1.165) is 6.07 Å². The van der Waals surface area contributed by atoms with Crippen LogP contribution in [0.15, 0.2) is 18.2 Å². The maximum Gasteiger partial charge on any atom is 0.169 e. The zero-order chi connectivity index (χ0) is 13.4. The molecule has 0 fully saturated rings. The van der Waals surface area contributed by atoms with Crippen molar-refractivity contribution in [3.8, 4) is 0 Å². The number of nitrogens with one attached hydrogen (secondary N) is 1. The molecule has 0 spiro atoms. The lowest BCUT2D eigenvalue weighted by atomic mass is 10.2. The van der Waals surface area contributed by atoms with Crippen molar-refractivity contribution in [2.24, 2.45) is 0 Å². The maximum atomic E-state index is 13.3. The summed E-state index contributed by atoms with van der Waals surface area (Å²) in [6, 6.07) is 3.54. The first-order chi connectivity index (χ1) is 8.67. The summed E-state index contributed by atoms with van der Waals surface area (Å²) >= 11 is 0. The van der Waals surface area contributed by atoms with E-state index in [-0.39, 0.29) is 6.29 Å². The summed E-state index contributed by atoms with van der Waals surface area (Å²) in [5.41, 5.74) is 0.420. The molecular formula is C13H19F2NO2. The van der Waals surface area contributed by atoms with Gasteiger partial charge in [-0.05, 0) is 19.9 Å². The first-order valence-corrected chi connectivity index (χ1v) is 6.05. The van der Waals surface area contributed by atoms with Crippen molar-refractivity contribution in [2.45, 2.75) is 26.7 Å². The monoisotopic (exact) mass is 259 g/mol. The van der Waals surface area contributed by atoms with Crippen molar-refractivity contribution in [1.29, 1.82) is 0 Å². The Morgan fingerprint density at radius 1 is 1.17 bits per heavy atom. The number of rotatable bonds is 8. The minimum atomic E-state index is -0.572. The Balaban J connectivity index is 2.39. The second-order valence-corrected chi connectivity index (χ2v) is 3.71. The van der Waals surface area contributed by atoms with Gasteiger partial charge in [-0.3, -0.25) is 0 Å². The molecule has 1 N–H and O–H groups in total. The molecule has 0 atom stereocenters. The van der Waals surface area contributed by atoms with E-state index >= 15 is 0 Å². The Labute approximate surface area is 106 Å². The van der Waals surface area contributed by atoms with Gasteiger partial charge in [-0.2, -0.15) is 0 Å². The smallest absolute Gasteiger partial charge is 0.169 e. The zero-order valence-corrected chi connectivity index (χ0v) is 10.7. The van der Waals surface area contributed by atoms with Crippen LogP contribution in [0.2, 0.25) is 0 Å². The van der Waals surface area contributed by atoms with Crippen LogP contribution in [-0.2, 0) is 16.0 Å². The molecular weight excluding hydrogens is 240 g/mol. The molecule has 0 saturated heterocycles. The second kappa shape index (κ2) is 8.13. The van der Waals surface area contributed by atoms with E-state index in [1.165, 1.54) is 12.1 Å². The predicted molar refractivity (Wildman–Crippen MR) is 65.1 cm³/mol. The van der Waals surface area contributed by atoms with E-state index < -0.39 is 11.6 Å². The molecule has 0 aliphatic heterocycles. The lowest BCUT2D eigenvalue weighted by Crippen LogP contribution is -2.31. The average molecular weight is 259 g/mol. The van der Waals surface area contributed by atoms with E-state index in [4.69, 9.17) is 9.47 Å². The summed E-state index contributed by atoms with van der Waals surface area (Å²) in [4.78, 5) is 0. The summed E-state index contributed by atoms with van der Waals surface area (Å²) in [6.45, 7) is 5.63. The molecule has 0 unspecified atom stereocenters. The zero-order valence-electron chi connectivity index (χ0n) is 10.7. The van der Waals surface area contributed by atoms with Crippen LogP contribution >= 0.6 is 0 Å². The van der Waals surface area contributed by atoms with Gasteiger partial charge < -0.3 is 14.8 Å². The molecule has 0 radical (unpaired) electrons. The fourth-order valence-corrected chi connectivity index (χ4v) is 1.53. The van der Waals surface area contributed by atoms with Gasteiger partial charge in [0.05, 0.1) is 0 Å². The highest BCUT2D eigenvalue weighted by Crippen LogP contribution is 2.09. The summed E-state index contributed by atoms with van der Waals surface area (Å²) < 4.78 is 36.7. The quantitative estimate of drug-likeness (QED) is 0.727. The van der Waals surface area contributed by atoms with Crippen LogP contribution in [-0.4, -0.2) is 26.0 Å². The number of hydrogen-bond donors (Lipinski definition) is 1. The summed E-state index contributed by atoms with van der Waals surface area (Å²) in [7, 11) is 0. The van der Waals surface area contributed by atoms with E-state index in [9.17, 15) is 8.78 Å². The van der Waals surface area contributed by atoms with Gasteiger partial charge in [-0.25, -0.2) is 8.78 Å². The van der Waals surface area contributed by atoms with Gasteiger partial charge in [0.1, 0.15) is 11.6 Å². The molecule has 0 bridgehead atoms. The van der Waals surface area contributed by atoms with Crippen molar-refractivity contribution in [3.63, 3.8) is 0 Å². The topological polar surface area (TPSA) is 30.5 Å². The van der Waals surface area contributed by atoms with Crippen LogP contribution in [0.25, 0.3) is 0 Å². The predicted octanol–water partition coefficient (Wildman–Crippen LogP) is 2.45. The van der Waals surface area contributed by atoms with Crippen molar-refractivity contribution in [1.82, 2.24) is 5.32 Å². The largest absolute Gasteiger partial charge is 0.352 e. The standard InChI is InChI=1S/C13H19F2NO2/c1-3-17-13(18-4-2)9-16-8-10-5-6-11(14)7-12(10)15/h5-7,13,16H,3-4,8-9H2,1-2H3. The molecule has 3 nitrogen and oxygen atoms in total. The Hall–Kier alpha value is -1.04. The average Bonchev–Trinajstić information content (AvgIpc) is 2.32. The third kappa shape index (κ3) is 5.08. The Morgan fingerprint density at radius 3 is 2.39 bits per heavy atom. The number of ether oxygens (including phenoxy) is 2. The summed E-state index contributed by atoms with van der Waals surface area (Å²) in [5.74, 6) is -1.12. The van der Waals surface area contributed by atoms with Crippen LogP contribution in [0.5, 0.6) is 0 Å². The van der Waals surface area contributed by atoms with Crippen LogP contribution in [0, 0.1) is 11.6 Å². The molecule has 0 aliphatic carbocycles. The molecule has 0 aromatic heterocycles. The highest BCUT2D eigenvalue weighted by molar-refractivity contribution is 5.18. The molecule has 18 heavy (non-hydrogen) atoms. The molecule has 0 aliphatic rings. The first-order valence-electron chi connectivity index (χ1n) is 6.05. The highest BCUT2D eigenvalue weighted by atomic mass is 19.1. The minimum absolute atomic E-state index is 0.308. The van der Waals surface area contributed by atoms with Crippen LogP contribution in [0.3, 0.4) is 0 Å². The number of benzene rings is 1. The first kappa shape index (κ1) is 15.0. The molecule has 1 rings (SSSR count). The maximum absolute atomic E-state index is 13.3. The third-order valence-electron chi connectivity index (χ3n) is 2.35. The summed E-state index contributed by atoms with van der Waals surface area (Å²) in [5, 5.41) is 3.02. The van der Waals surface area contributed by atoms with Crippen LogP contribution in [0.4, 0.5) is 8.78 Å². The van der Waals surface area contributed by atoms with Crippen molar-refractivity contribution in [3.05, 3.63) is 35.4 Å². The molecule has 102 valence electrons. The lowest BCUT2D eigenvalue weighted by molar-refractivity contribution is -0.133. The van der Waals surface area contributed by atoms with E-state index in [0.29, 0.717) is 31.9 Å². The van der Waals surface area contributed by atoms with E-state index in [2.05, 4.69) is 5.32 Å². The normalized spacial score (nSPS) is 11.2. The Morgan fingerprint density at radius 2 is 1.83 bits per heavy atom. The van der Waals surface area contributed by atoms with E-state index in [1.807, 2.05) is 13.8 Å². The van der Waals surface area contributed by atoms with Crippen LogP contribution in [0.1, 0.15) is 19.4 Å². The van der Waals surface area contributed by atoms with Gasteiger partial charge in [-0.15, -0.1) is 0 Å². The fraction of sp³-hybridized carbons (Fsp3) is 0.538. The van der Waals surface area contributed by atoms with E-state index in [1.54, 1.807) is 0 Å². The molecule has 0 saturated carbocycles. The second-order valence-electron chi connectivity index (χ2n) is 3.71. The van der Waals surface area contributed by atoms with Crippen molar-refractivity contribution < 1.29 is 18.3 Å². The lowest BCUT2D eigenvalue weighted by Gasteiger charge is -2.17. The van der Waals surface area contributed by atoms with Gasteiger partial charge in [-0.1, -0.05) is 6.07 Å². The SMILES string of the molecule is CCOC(CNCc1ccc(F)cc1F)OCC. The Bertz CT molecular complexity index is 355. The molecule has 5 heteroatoms. The molecule has 1 aromatic carbocycles. The third-order valence-corrected chi connectivity index (χ3v) is 2.35. The molecule has 0 amide bonds. The van der Waals surface area contributed by atoms with Crippen molar-refractivity contribution >= 4 is 0 Å². The number of hydrogen-bond acceptors (Lipinski definition) is 3. The highest BCUT2D eigenvalue weighted by Gasteiger charge is 2.08. The van der Waals surface area contributed by atoms with Gasteiger partial charge in [0, 0.05) is 37.9 Å². The van der Waals surface area contributed by atoms with Crippen molar-refractivity contribution in [2.75, 3.05) is 19.8 Å². The Kier molecular flexibility index (Phi) is 6.78. The van der Waals surface area contributed by atoms with Gasteiger partial charge >= 0.3 is 0 Å². The van der Waals surface area contributed by atoms with Gasteiger partial charge in [0.15, 0.2) is 6.29 Å². The molecule has 0 heterocycles. The minimum Gasteiger partial charge on any atom is -0.352 e. The van der Waals surface area contributed by atoms with Gasteiger partial charge in [0.2, 0.25) is 0 Å². The fourth-order valence-electron chi connectivity index (χ4n) is 1.53. The van der Waals surface area contributed by atoms with Gasteiger partial charge in [0.25, 0.3) is 0 Å². The molecule has 1 aromatic rings. The number of halogens is 2. The van der Waals surface area contributed by atoms with Crippen LogP contribution < -0.4 is 5.32 Å².